The summed E-state index contributed by atoms with van der Waals surface area (Å²) in [6.45, 7) is 0. The molecule has 0 aliphatic carbocycles. The number of benzene rings is 2. The molecule has 0 unspecified atom stereocenters. The Balaban J connectivity index is 2.05. The van der Waals surface area contributed by atoms with Crippen molar-refractivity contribution in [2.75, 3.05) is 5.32 Å². The van der Waals surface area contributed by atoms with Gasteiger partial charge in [-0.2, -0.15) is 0 Å². The fourth-order valence-electron chi connectivity index (χ4n) is 1.59. The second-order valence-corrected chi connectivity index (χ2v) is 4.77. The highest BCUT2D eigenvalue weighted by Crippen LogP contribution is 2.23. The summed E-state index contributed by atoms with van der Waals surface area (Å²) in [6.07, 6.45) is 0.102. The van der Waals surface area contributed by atoms with Crippen molar-refractivity contribution in [3.63, 3.8) is 0 Å². The van der Waals surface area contributed by atoms with Gasteiger partial charge < -0.3 is 5.32 Å². The summed E-state index contributed by atoms with van der Waals surface area (Å²) in [5.74, 6) is -0.784. The van der Waals surface area contributed by atoms with Crippen molar-refractivity contribution < 1.29 is 9.18 Å². The Kier molecular flexibility index (Phi) is 4.40. The van der Waals surface area contributed by atoms with Crippen molar-refractivity contribution in [1.82, 2.24) is 0 Å². The van der Waals surface area contributed by atoms with Gasteiger partial charge in [-0.1, -0.05) is 41.4 Å². The maximum absolute atomic E-state index is 13.4. The monoisotopic (exact) mass is 297 g/mol. The van der Waals surface area contributed by atoms with Crippen LogP contribution in [0.4, 0.5) is 10.1 Å². The van der Waals surface area contributed by atoms with E-state index in [0.717, 1.165) is 0 Å². The third-order valence-corrected chi connectivity index (χ3v) is 3.24. The number of nitrogens with one attached hydrogen (secondary N) is 1. The largest absolute Gasteiger partial charge is 0.323 e. The predicted molar refractivity (Wildman–Crippen MR) is 75.2 cm³/mol. The molecule has 0 heterocycles. The first kappa shape index (κ1) is 13.8. The standard InChI is InChI=1S/C14H10Cl2FNO/c15-10-6-5-9(7-11(10)16)8-14(19)18-13-4-2-1-3-12(13)17/h1-7H,8H2,(H,18,19). The molecule has 2 aromatic carbocycles. The average Bonchev–Trinajstić information content (AvgIpc) is 2.37. The van der Waals surface area contributed by atoms with Gasteiger partial charge in [0.1, 0.15) is 5.82 Å². The molecule has 0 aliphatic heterocycles. The molecule has 2 rings (SSSR count). The number of carbonyl (C=O) groups is 1. The Morgan fingerprint density at radius 2 is 1.84 bits per heavy atom. The molecule has 2 aromatic rings. The molecule has 0 spiro atoms. The van der Waals surface area contributed by atoms with Gasteiger partial charge in [0, 0.05) is 0 Å². The summed E-state index contributed by atoms with van der Waals surface area (Å²) in [5, 5.41) is 3.32. The SMILES string of the molecule is O=C(Cc1ccc(Cl)c(Cl)c1)Nc1ccccc1F. The van der Waals surface area contributed by atoms with Crippen molar-refractivity contribution in [1.29, 1.82) is 0 Å². The van der Waals surface area contributed by atoms with Gasteiger partial charge in [-0.3, -0.25) is 4.79 Å². The quantitative estimate of drug-likeness (QED) is 0.898. The lowest BCUT2D eigenvalue weighted by Crippen LogP contribution is -2.15. The number of anilines is 1. The predicted octanol–water partition coefficient (Wildman–Crippen LogP) is 4.31. The van der Waals surface area contributed by atoms with Crippen LogP contribution in [-0.2, 0) is 11.2 Å². The van der Waals surface area contributed by atoms with Gasteiger partial charge in [-0.05, 0) is 29.8 Å². The lowest BCUT2D eigenvalue weighted by Gasteiger charge is -2.07. The normalized spacial score (nSPS) is 10.3. The zero-order chi connectivity index (χ0) is 13.8. The fourth-order valence-corrected chi connectivity index (χ4v) is 1.91. The summed E-state index contributed by atoms with van der Waals surface area (Å²) in [7, 11) is 0. The minimum absolute atomic E-state index is 0.102. The summed E-state index contributed by atoms with van der Waals surface area (Å²) in [5.41, 5.74) is 0.871. The summed E-state index contributed by atoms with van der Waals surface area (Å²) in [6, 6.07) is 10.9. The molecule has 1 N–H and O–H groups in total. The molecule has 0 radical (unpaired) electrons. The molecule has 0 aromatic heterocycles. The summed E-state index contributed by atoms with van der Waals surface area (Å²) < 4.78 is 13.4. The van der Waals surface area contributed by atoms with Crippen molar-refractivity contribution in [2.45, 2.75) is 6.42 Å². The van der Waals surface area contributed by atoms with Gasteiger partial charge in [-0.25, -0.2) is 4.39 Å². The third-order valence-electron chi connectivity index (χ3n) is 2.50. The fraction of sp³-hybridized carbons (Fsp3) is 0.0714. The first-order valence-corrected chi connectivity index (χ1v) is 6.30. The van der Waals surface area contributed by atoms with Gasteiger partial charge in [0.15, 0.2) is 0 Å². The minimum atomic E-state index is -0.468. The Bertz CT molecular complexity index is 616. The Morgan fingerprint density at radius 3 is 2.53 bits per heavy atom. The molecule has 1 amide bonds. The second-order valence-electron chi connectivity index (χ2n) is 3.95. The number of halogens is 3. The molecule has 2 nitrogen and oxygen atoms in total. The highest BCUT2D eigenvalue weighted by Gasteiger charge is 2.08. The smallest absolute Gasteiger partial charge is 0.228 e. The third kappa shape index (κ3) is 3.69. The molecule has 19 heavy (non-hydrogen) atoms. The van der Waals surface area contributed by atoms with Crippen LogP contribution in [-0.4, -0.2) is 5.91 Å². The Morgan fingerprint density at radius 1 is 1.11 bits per heavy atom. The van der Waals surface area contributed by atoms with Crippen LogP contribution in [0, 0.1) is 5.82 Å². The average molecular weight is 298 g/mol. The molecule has 98 valence electrons. The van der Waals surface area contributed by atoms with Crippen molar-refractivity contribution in [2.24, 2.45) is 0 Å². The molecule has 0 bridgehead atoms. The van der Waals surface area contributed by atoms with E-state index in [-0.39, 0.29) is 18.0 Å². The van der Waals surface area contributed by atoms with Gasteiger partial charge in [-0.15, -0.1) is 0 Å². The van der Waals surface area contributed by atoms with Crippen LogP contribution in [0.15, 0.2) is 42.5 Å². The van der Waals surface area contributed by atoms with Crippen LogP contribution in [0.3, 0.4) is 0 Å². The number of rotatable bonds is 3. The number of para-hydroxylation sites is 1. The zero-order valence-corrected chi connectivity index (χ0v) is 11.3. The van der Waals surface area contributed by atoms with Gasteiger partial charge in [0.05, 0.1) is 22.2 Å². The van der Waals surface area contributed by atoms with E-state index in [4.69, 9.17) is 23.2 Å². The van der Waals surface area contributed by atoms with Crippen LogP contribution >= 0.6 is 23.2 Å². The molecule has 0 fully saturated rings. The maximum Gasteiger partial charge on any atom is 0.228 e. The number of hydrogen-bond donors (Lipinski definition) is 1. The van der Waals surface area contributed by atoms with Crippen molar-refractivity contribution in [3.05, 3.63) is 63.9 Å². The van der Waals surface area contributed by atoms with Crippen molar-refractivity contribution in [3.8, 4) is 0 Å². The van der Waals surface area contributed by atoms with Gasteiger partial charge in [0.2, 0.25) is 5.91 Å². The first-order valence-electron chi connectivity index (χ1n) is 5.54. The van der Waals surface area contributed by atoms with Crippen LogP contribution in [0.5, 0.6) is 0 Å². The maximum atomic E-state index is 13.4. The molecular formula is C14H10Cl2FNO. The van der Waals surface area contributed by atoms with E-state index in [1.807, 2.05) is 0 Å². The van der Waals surface area contributed by atoms with E-state index < -0.39 is 5.82 Å². The Hall–Kier alpha value is -1.58. The molecular weight excluding hydrogens is 288 g/mol. The summed E-state index contributed by atoms with van der Waals surface area (Å²) >= 11 is 11.6. The van der Waals surface area contributed by atoms with Crippen LogP contribution < -0.4 is 5.32 Å². The number of carbonyl (C=O) groups excluding carboxylic acids is 1. The van der Waals surface area contributed by atoms with E-state index in [2.05, 4.69) is 5.32 Å². The lowest BCUT2D eigenvalue weighted by molar-refractivity contribution is -0.115. The number of hydrogen-bond acceptors (Lipinski definition) is 1. The van der Waals surface area contributed by atoms with Crippen LogP contribution in [0.1, 0.15) is 5.56 Å². The molecule has 0 atom stereocenters. The van der Waals surface area contributed by atoms with Crippen LogP contribution in [0.25, 0.3) is 0 Å². The minimum Gasteiger partial charge on any atom is -0.323 e. The highest BCUT2D eigenvalue weighted by atomic mass is 35.5. The van der Waals surface area contributed by atoms with Gasteiger partial charge >= 0.3 is 0 Å². The highest BCUT2D eigenvalue weighted by molar-refractivity contribution is 6.42. The molecule has 5 heteroatoms. The van der Waals surface area contributed by atoms with Gasteiger partial charge in [0.25, 0.3) is 0 Å². The number of amides is 1. The topological polar surface area (TPSA) is 29.1 Å². The van der Waals surface area contributed by atoms with E-state index >= 15 is 0 Å². The Labute approximate surface area is 120 Å². The van der Waals surface area contributed by atoms with E-state index in [0.29, 0.717) is 15.6 Å². The lowest BCUT2D eigenvalue weighted by atomic mass is 10.1. The second kappa shape index (κ2) is 6.04. The van der Waals surface area contributed by atoms with Crippen LogP contribution in [0.2, 0.25) is 10.0 Å². The zero-order valence-electron chi connectivity index (χ0n) is 9.79. The van der Waals surface area contributed by atoms with E-state index in [1.54, 1.807) is 30.3 Å². The molecule has 0 saturated carbocycles. The van der Waals surface area contributed by atoms with E-state index in [9.17, 15) is 9.18 Å². The van der Waals surface area contributed by atoms with E-state index in [1.165, 1.54) is 12.1 Å². The molecule has 0 saturated heterocycles. The first-order chi connectivity index (χ1) is 9.06. The molecule has 0 aliphatic rings. The van der Waals surface area contributed by atoms with Crippen molar-refractivity contribution >= 4 is 34.8 Å². The summed E-state index contributed by atoms with van der Waals surface area (Å²) in [4.78, 5) is 11.8.